The number of unbranched alkanes of at least 4 members (excludes halogenated alkanes) is 4. The van der Waals surface area contributed by atoms with Crippen molar-refractivity contribution < 1.29 is 51.7 Å². The number of nitrogens with one attached hydrogen (secondary N) is 1. The number of alkyl halides is 4. The summed E-state index contributed by atoms with van der Waals surface area (Å²) in [6.07, 6.45) is -3.88. The van der Waals surface area contributed by atoms with Crippen molar-refractivity contribution in [3.8, 4) is 0 Å². The van der Waals surface area contributed by atoms with Crippen molar-refractivity contribution in [2.45, 2.75) is 83.0 Å². The molecule has 1 aromatic carbocycles. The number of aliphatic carboxylic acids is 3. The SMILES string of the molecule is CC1NC(CF)C(C)(C(=O)O)C(c2c(F)ccc(Cl)c2C(F)(F)F)C1(CCCCCCCC(=O)O)C(=O)O. The molecule has 0 saturated carbocycles. The highest BCUT2D eigenvalue weighted by molar-refractivity contribution is 6.31. The summed E-state index contributed by atoms with van der Waals surface area (Å²) in [6.45, 7) is 0.855. The van der Waals surface area contributed by atoms with E-state index in [0.717, 1.165) is 6.92 Å². The van der Waals surface area contributed by atoms with E-state index < -0.39 is 81.6 Å². The molecule has 7 nitrogen and oxygen atoms in total. The van der Waals surface area contributed by atoms with Crippen molar-refractivity contribution in [3.05, 3.63) is 34.1 Å². The summed E-state index contributed by atoms with van der Waals surface area (Å²) in [6, 6.07) is -1.63. The van der Waals surface area contributed by atoms with Crippen LogP contribution in [0.5, 0.6) is 0 Å². The van der Waals surface area contributed by atoms with Gasteiger partial charge in [-0.05, 0) is 38.8 Å². The van der Waals surface area contributed by atoms with Gasteiger partial charge in [-0.25, -0.2) is 8.78 Å². The summed E-state index contributed by atoms with van der Waals surface area (Å²) >= 11 is 5.84. The Bertz CT molecular complexity index is 1050. The topological polar surface area (TPSA) is 124 Å². The number of carbonyl (C=O) groups is 3. The molecule has 38 heavy (non-hydrogen) atoms. The Morgan fingerprint density at radius 1 is 1.03 bits per heavy atom. The number of halogens is 6. The minimum Gasteiger partial charge on any atom is -0.481 e. The second kappa shape index (κ2) is 12.1. The van der Waals surface area contributed by atoms with E-state index in [4.69, 9.17) is 16.7 Å². The summed E-state index contributed by atoms with van der Waals surface area (Å²) in [5.41, 5.74) is -7.73. The number of hydrogen-bond acceptors (Lipinski definition) is 4. The van der Waals surface area contributed by atoms with Crippen LogP contribution in [0, 0.1) is 16.6 Å². The zero-order valence-corrected chi connectivity index (χ0v) is 21.6. The predicted molar refractivity (Wildman–Crippen MR) is 127 cm³/mol. The molecule has 0 aromatic heterocycles. The quantitative estimate of drug-likeness (QED) is 0.182. The number of hydrogen-bond donors (Lipinski definition) is 4. The van der Waals surface area contributed by atoms with Crippen molar-refractivity contribution >= 4 is 29.5 Å². The van der Waals surface area contributed by atoms with Crippen LogP contribution < -0.4 is 5.32 Å². The molecular formula is C25H31ClF5NO6. The zero-order chi connectivity index (χ0) is 29.1. The van der Waals surface area contributed by atoms with E-state index in [1.807, 2.05) is 0 Å². The lowest BCUT2D eigenvalue weighted by Crippen LogP contribution is -2.70. The van der Waals surface area contributed by atoms with Crippen LogP contribution in [0.4, 0.5) is 22.0 Å². The van der Waals surface area contributed by atoms with Gasteiger partial charge in [0.25, 0.3) is 0 Å². The van der Waals surface area contributed by atoms with Crippen molar-refractivity contribution in [2.24, 2.45) is 10.8 Å². The fraction of sp³-hybridized carbons (Fsp3) is 0.640. The molecule has 1 aliphatic rings. The highest BCUT2D eigenvalue weighted by Crippen LogP contribution is 2.60. The van der Waals surface area contributed by atoms with Gasteiger partial charge in [0.05, 0.1) is 27.5 Å². The molecule has 214 valence electrons. The van der Waals surface area contributed by atoms with E-state index in [0.29, 0.717) is 37.8 Å². The van der Waals surface area contributed by atoms with Crippen molar-refractivity contribution in [2.75, 3.05) is 6.67 Å². The summed E-state index contributed by atoms with van der Waals surface area (Å²) in [7, 11) is 0. The highest BCUT2D eigenvalue weighted by Gasteiger charge is 2.67. The Balaban J connectivity index is 2.74. The van der Waals surface area contributed by atoms with Crippen LogP contribution in [0.25, 0.3) is 0 Å². The molecule has 1 aromatic rings. The number of carboxylic acid groups (broad SMARTS) is 3. The summed E-state index contributed by atoms with van der Waals surface area (Å²) in [5.74, 6) is -8.09. The Morgan fingerprint density at radius 3 is 2.11 bits per heavy atom. The van der Waals surface area contributed by atoms with Gasteiger partial charge in [0.1, 0.15) is 12.5 Å². The van der Waals surface area contributed by atoms with Gasteiger partial charge in [-0.1, -0.05) is 37.3 Å². The molecule has 1 fully saturated rings. The minimum absolute atomic E-state index is 0.0576. The van der Waals surface area contributed by atoms with Crippen molar-refractivity contribution in [3.63, 3.8) is 0 Å². The van der Waals surface area contributed by atoms with E-state index in [9.17, 15) is 42.2 Å². The van der Waals surface area contributed by atoms with Gasteiger partial charge in [-0.2, -0.15) is 13.2 Å². The summed E-state index contributed by atoms with van der Waals surface area (Å²) < 4.78 is 72.3. The Kier molecular flexibility index (Phi) is 10.1. The fourth-order valence-corrected chi connectivity index (χ4v) is 6.05. The fourth-order valence-electron chi connectivity index (χ4n) is 5.78. The first-order valence-corrected chi connectivity index (χ1v) is 12.5. The molecule has 5 atom stereocenters. The lowest BCUT2D eigenvalue weighted by Gasteiger charge is -2.56. The monoisotopic (exact) mass is 571 g/mol. The van der Waals surface area contributed by atoms with E-state index in [-0.39, 0.29) is 19.3 Å². The lowest BCUT2D eigenvalue weighted by atomic mass is 9.50. The average Bonchev–Trinajstić information content (AvgIpc) is 2.80. The number of benzene rings is 1. The van der Waals surface area contributed by atoms with Crippen LogP contribution in [-0.2, 0) is 20.6 Å². The molecule has 0 aliphatic carbocycles. The van der Waals surface area contributed by atoms with Crippen LogP contribution in [-0.4, -0.2) is 52.0 Å². The summed E-state index contributed by atoms with van der Waals surface area (Å²) in [5, 5.41) is 31.1. The van der Waals surface area contributed by atoms with Gasteiger partial charge in [-0.15, -0.1) is 0 Å². The second-order valence-electron chi connectivity index (χ2n) is 9.94. The number of rotatable bonds is 12. The van der Waals surface area contributed by atoms with E-state index in [2.05, 4.69) is 5.32 Å². The first kappa shape index (κ1) is 31.7. The molecule has 0 amide bonds. The van der Waals surface area contributed by atoms with Crippen LogP contribution in [0.15, 0.2) is 12.1 Å². The molecule has 4 N–H and O–H groups in total. The first-order chi connectivity index (χ1) is 17.6. The molecule has 13 heteroatoms. The van der Waals surface area contributed by atoms with Gasteiger partial charge in [0, 0.05) is 23.9 Å². The second-order valence-corrected chi connectivity index (χ2v) is 10.3. The third kappa shape index (κ3) is 5.90. The third-order valence-electron chi connectivity index (χ3n) is 7.77. The Hall–Kier alpha value is -2.47. The maximum atomic E-state index is 15.4. The summed E-state index contributed by atoms with van der Waals surface area (Å²) in [4.78, 5) is 36.2. The van der Waals surface area contributed by atoms with Gasteiger partial charge >= 0.3 is 24.1 Å². The number of carboxylic acids is 3. The van der Waals surface area contributed by atoms with Crippen LogP contribution in [0.1, 0.15) is 75.8 Å². The average molecular weight is 572 g/mol. The highest BCUT2D eigenvalue weighted by atomic mass is 35.5. The zero-order valence-electron chi connectivity index (χ0n) is 20.9. The maximum absolute atomic E-state index is 15.4. The van der Waals surface area contributed by atoms with Gasteiger partial charge in [0.15, 0.2) is 0 Å². The lowest BCUT2D eigenvalue weighted by molar-refractivity contribution is -0.174. The van der Waals surface area contributed by atoms with Crippen molar-refractivity contribution in [1.82, 2.24) is 5.32 Å². The Labute approximate surface area is 221 Å². The predicted octanol–water partition coefficient (Wildman–Crippen LogP) is 5.89. The molecule has 1 heterocycles. The smallest absolute Gasteiger partial charge is 0.418 e. The normalized spacial score (nSPS) is 27.7. The molecule has 0 radical (unpaired) electrons. The first-order valence-electron chi connectivity index (χ1n) is 12.1. The number of piperidine rings is 1. The molecule has 1 aliphatic heterocycles. The molecule has 1 saturated heterocycles. The molecular weight excluding hydrogens is 541 g/mol. The molecule has 2 rings (SSSR count). The van der Waals surface area contributed by atoms with E-state index >= 15 is 4.39 Å². The van der Waals surface area contributed by atoms with Crippen molar-refractivity contribution in [1.29, 1.82) is 0 Å². The van der Waals surface area contributed by atoms with Crippen LogP contribution >= 0.6 is 11.6 Å². The maximum Gasteiger partial charge on any atom is 0.418 e. The standard InChI is InChI=1S/C25H31ClF5NO6/c1-13-24(22(37)38,11-7-5-3-4-6-8-17(33)34)20(23(2,21(35)36)16(12-27)32-13)18-15(28)10-9-14(26)19(18)25(29,30)31/h9-10,13,16,20,32H,3-8,11-12H2,1-2H3,(H,33,34)(H,35,36)(H,37,38). The molecule has 5 unspecified atom stereocenters. The van der Waals surface area contributed by atoms with E-state index in [1.165, 1.54) is 6.92 Å². The van der Waals surface area contributed by atoms with Crippen LogP contribution in [0.2, 0.25) is 5.02 Å². The largest absolute Gasteiger partial charge is 0.481 e. The van der Waals surface area contributed by atoms with Gasteiger partial charge < -0.3 is 20.6 Å². The third-order valence-corrected chi connectivity index (χ3v) is 8.09. The minimum atomic E-state index is -5.28. The van der Waals surface area contributed by atoms with E-state index in [1.54, 1.807) is 0 Å². The van der Waals surface area contributed by atoms with Gasteiger partial charge in [-0.3, -0.25) is 14.4 Å². The van der Waals surface area contributed by atoms with Gasteiger partial charge in [0.2, 0.25) is 0 Å². The molecule has 0 spiro atoms. The van der Waals surface area contributed by atoms with Crippen LogP contribution in [0.3, 0.4) is 0 Å². The Morgan fingerprint density at radius 2 is 1.61 bits per heavy atom. The molecule has 0 bridgehead atoms.